The van der Waals surface area contributed by atoms with E-state index >= 15 is 0 Å². The lowest BCUT2D eigenvalue weighted by Crippen LogP contribution is -2.23. The zero-order chi connectivity index (χ0) is 18.0. The summed E-state index contributed by atoms with van der Waals surface area (Å²) in [5, 5.41) is 3.41. The Labute approximate surface area is 153 Å². The Hall–Kier alpha value is -2.37. The number of aryl methyl sites for hydroxylation is 1. The third kappa shape index (κ3) is 4.00. The Morgan fingerprint density at radius 1 is 1.20 bits per heavy atom. The lowest BCUT2D eigenvalue weighted by atomic mass is 9.99. The van der Waals surface area contributed by atoms with Crippen molar-refractivity contribution < 1.29 is 13.6 Å². The van der Waals surface area contributed by atoms with Gasteiger partial charge in [-0.1, -0.05) is 29.3 Å². The van der Waals surface area contributed by atoms with Gasteiger partial charge in [-0.2, -0.15) is 0 Å². The number of benzene rings is 2. The number of carbonyl (C=O) groups is 1. The van der Waals surface area contributed by atoms with Gasteiger partial charge >= 0.3 is 0 Å². The van der Waals surface area contributed by atoms with Gasteiger partial charge in [-0.3, -0.25) is 4.79 Å². The van der Waals surface area contributed by atoms with E-state index in [1.807, 2.05) is 0 Å². The number of amides is 1. The molecule has 25 heavy (non-hydrogen) atoms. The molecule has 1 amide bonds. The van der Waals surface area contributed by atoms with Gasteiger partial charge < -0.3 is 9.73 Å². The van der Waals surface area contributed by atoms with Crippen LogP contribution < -0.4 is 5.32 Å². The first-order chi connectivity index (χ1) is 11.9. The second kappa shape index (κ2) is 7.25. The molecular formula is C18H13Cl2FN2O2. The van der Waals surface area contributed by atoms with Gasteiger partial charge in [0.05, 0.1) is 22.8 Å². The number of hydrogen-bond acceptors (Lipinski definition) is 3. The van der Waals surface area contributed by atoms with Crippen molar-refractivity contribution in [2.45, 2.75) is 13.5 Å². The Balaban J connectivity index is 1.90. The minimum atomic E-state index is -0.457. The first-order valence-electron chi connectivity index (χ1n) is 7.38. The second-order valence-corrected chi connectivity index (χ2v) is 6.18. The molecule has 128 valence electrons. The van der Waals surface area contributed by atoms with Crippen molar-refractivity contribution in [2.24, 2.45) is 0 Å². The average Bonchev–Trinajstić information content (AvgIpc) is 3.00. The second-order valence-electron chi connectivity index (χ2n) is 5.37. The van der Waals surface area contributed by atoms with Crippen LogP contribution in [0.2, 0.25) is 10.0 Å². The fraction of sp³-hybridized carbons (Fsp3) is 0.111. The maximum absolute atomic E-state index is 13.7. The van der Waals surface area contributed by atoms with Crippen molar-refractivity contribution in [3.63, 3.8) is 0 Å². The predicted molar refractivity (Wildman–Crippen MR) is 94.3 cm³/mol. The highest BCUT2D eigenvalue weighted by atomic mass is 35.5. The lowest BCUT2D eigenvalue weighted by Gasteiger charge is -2.11. The molecule has 0 bridgehead atoms. The summed E-state index contributed by atoms with van der Waals surface area (Å²) < 4.78 is 19.0. The molecule has 3 aromatic rings. The molecule has 2 aromatic carbocycles. The number of nitrogens with zero attached hydrogens (tertiary/aromatic N) is 1. The average molecular weight is 379 g/mol. The summed E-state index contributed by atoms with van der Waals surface area (Å²) in [6.45, 7) is 1.89. The van der Waals surface area contributed by atoms with Crippen LogP contribution in [0, 0.1) is 12.7 Å². The molecule has 0 aliphatic heterocycles. The van der Waals surface area contributed by atoms with Gasteiger partial charge in [0.2, 0.25) is 5.89 Å². The van der Waals surface area contributed by atoms with E-state index in [9.17, 15) is 9.18 Å². The van der Waals surface area contributed by atoms with Gasteiger partial charge in [-0.25, -0.2) is 9.37 Å². The number of rotatable bonds is 4. The molecular weight excluding hydrogens is 366 g/mol. The van der Waals surface area contributed by atoms with Crippen molar-refractivity contribution >= 4 is 29.1 Å². The van der Waals surface area contributed by atoms with E-state index in [0.29, 0.717) is 38.4 Å². The summed E-state index contributed by atoms with van der Waals surface area (Å²) in [5.74, 6) is 0.212. The van der Waals surface area contributed by atoms with Gasteiger partial charge in [0.1, 0.15) is 11.6 Å². The van der Waals surface area contributed by atoms with Crippen LogP contribution in [-0.2, 0) is 6.54 Å². The minimum absolute atomic E-state index is 0.130. The standard InChI is InChI=1S/C18H13Cl2FN2O2/c1-10-8-22-17(25-10)9-23-18(24)13-4-3-12(21)7-14(13)11-2-5-15(19)16(20)6-11/h2-8H,9H2,1H3,(H,23,24). The molecule has 1 heterocycles. The van der Waals surface area contributed by atoms with E-state index in [-0.39, 0.29) is 12.5 Å². The monoisotopic (exact) mass is 378 g/mol. The highest BCUT2D eigenvalue weighted by Crippen LogP contribution is 2.31. The molecule has 0 saturated heterocycles. The predicted octanol–water partition coefficient (Wildman–Crippen LogP) is 5.03. The number of carbonyl (C=O) groups excluding carboxylic acids is 1. The third-order valence-corrected chi connectivity index (χ3v) is 4.27. The smallest absolute Gasteiger partial charge is 0.252 e. The number of halogens is 3. The molecule has 3 rings (SSSR count). The van der Waals surface area contributed by atoms with E-state index in [4.69, 9.17) is 27.6 Å². The molecule has 0 aliphatic carbocycles. The molecule has 1 aromatic heterocycles. The van der Waals surface area contributed by atoms with E-state index in [0.717, 1.165) is 0 Å². The zero-order valence-corrected chi connectivity index (χ0v) is 14.7. The van der Waals surface area contributed by atoms with Crippen LogP contribution in [0.1, 0.15) is 22.0 Å². The molecule has 7 heteroatoms. The van der Waals surface area contributed by atoms with Gasteiger partial charge in [0, 0.05) is 5.56 Å². The highest BCUT2D eigenvalue weighted by Gasteiger charge is 2.15. The van der Waals surface area contributed by atoms with Crippen molar-refractivity contribution in [2.75, 3.05) is 0 Å². The molecule has 0 saturated carbocycles. The van der Waals surface area contributed by atoms with Crippen molar-refractivity contribution in [1.82, 2.24) is 10.3 Å². The van der Waals surface area contributed by atoms with Crippen molar-refractivity contribution in [1.29, 1.82) is 0 Å². The summed E-state index contributed by atoms with van der Waals surface area (Å²) >= 11 is 12.0. The molecule has 0 radical (unpaired) electrons. The van der Waals surface area contributed by atoms with Crippen molar-refractivity contribution in [3.8, 4) is 11.1 Å². The van der Waals surface area contributed by atoms with Crippen LogP contribution in [0.15, 0.2) is 47.0 Å². The van der Waals surface area contributed by atoms with Crippen LogP contribution in [0.5, 0.6) is 0 Å². The topological polar surface area (TPSA) is 55.1 Å². The van der Waals surface area contributed by atoms with Gasteiger partial charge in [-0.15, -0.1) is 0 Å². The number of hydrogen-bond donors (Lipinski definition) is 1. The fourth-order valence-corrected chi connectivity index (χ4v) is 2.65. The molecule has 0 fully saturated rings. The maximum Gasteiger partial charge on any atom is 0.252 e. The highest BCUT2D eigenvalue weighted by molar-refractivity contribution is 6.42. The maximum atomic E-state index is 13.7. The summed E-state index contributed by atoms with van der Waals surface area (Å²) in [6, 6.07) is 8.80. The largest absolute Gasteiger partial charge is 0.444 e. The molecule has 0 atom stereocenters. The fourth-order valence-electron chi connectivity index (χ4n) is 2.35. The molecule has 0 spiro atoms. The molecule has 0 aliphatic rings. The SMILES string of the molecule is Cc1cnc(CNC(=O)c2ccc(F)cc2-c2ccc(Cl)c(Cl)c2)o1. The van der Waals surface area contributed by atoms with E-state index < -0.39 is 5.82 Å². The quantitative estimate of drug-likeness (QED) is 0.692. The zero-order valence-electron chi connectivity index (χ0n) is 13.1. The van der Waals surface area contributed by atoms with Gasteiger partial charge in [0.25, 0.3) is 5.91 Å². The Morgan fingerprint density at radius 3 is 2.68 bits per heavy atom. The molecule has 4 nitrogen and oxygen atoms in total. The van der Waals surface area contributed by atoms with Crippen molar-refractivity contribution in [3.05, 3.63) is 75.7 Å². The van der Waals surface area contributed by atoms with E-state index in [2.05, 4.69) is 10.3 Å². The lowest BCUT2D eigenvalue weighted by molar-refractivity contribution is 0.0947. The Morgan fingerprint density at radius 2 is 2.00 bits per heavy atom. The summed E-state index contributed by atoms with van der Waals surface area (Å²) in [7, 11) is 0. The summed E-state index contributed by atoms with van der Waals surface area (Å²) in [6.07, 6.45) is 1.57. The Kier molecular flexibility index (Phi) is 5.06. The molecule has 1 N–H and O–H groups in total. The Bertz CT molecular complexity index is 941. The minimum Gasteiger partial charge on any atom is -0.444 e. The number of aromatic nitrogens is 1. The van der Waals surface area contributed by atoms with Crippen LogP contribution in [0.4, 0.5) is 4.39 Å². The first kappa shape index (κ1) is 17.5. The number of oxazole rings is 1. The number of nitrogens with one attached hydrogen (secondary N) is 1. The van der Waals surface area contributed by atoms with Crippen LogP contribution in [0.25, 0.3) is 11.1 Å². The van der Waals surface area contributed by atoms with Crippen LogP contribution in [-0.4, -0.2) is 10.9 Å². The van der Waals surface area contributed by atoms with Crippen LogP contribution in [0.3, 0.4) is 0 Å². The summed E-state index contributed by atoms with van der Waals surface area (Å²) in [4.78, 5) is 16.5. The molecule has 0 unspecified atom stereocenters. The van der Waals surface area contributed by atoms with Gasteiger partial charge in [-0.05, 0) is 48.4 Å². The van der Waals surface area contributed by atoms with Gasteiger partial charge in [0.15, 0.2) is 0 Å². The summed E-state index contributed by atoms with van der Waals surface area (Å²) in [5.41, 5.74) is 1.31. The van der Waals surface area contributed by atoms with E-state index in [1.165, 1.54) is 18.2 Å². The van der Waals surface area contributed by atoms with Crippen LogP contribution >= 0.6 is 23.2 Å². The third-order valence-electron chi connectivity index (χ3n) is 3.53. The normalized spacial score (nSPS) is 10.7. The van der Waals surface area contributed by atoms with E-state index in [1.54, 1.807) is 31.3 Å². The first-order valence-corrected chi connectivity index (χ1v) is 8.14.